The Labute approximate surface area is 184 Å². The van der Waals surface area contributed by atoms with Crippen LogP contribution in [0.5, 0.6) is 0 Å². The largest absolute Gasteiger partial charge is 1.00 e. The Morgan fingerprint density at radius 2 is 0.593 bits per heavy atom. The fourth-order valence-electron chi connectivity index (χ4n) is 3.99. The van der Waals surface area contributed by atoms with Gasteiger partial charge in [0.15, 0.2) is 0 Å². The van der Waals surface area contributed by atoms with Gasteiger partial charge in [-0.1, -0.05) is 110 Å². The lowest BCUT2D eigenvalue weighted by Crippen LogP contribution is -3.00. The summed E-state index contributed by atoms with van der Waals surface area (Å²) in [4.78, 5) is 0. The van der Waals surface area contributed by atoms with Gasteiger partial charge in [0.05, 0.1) is 27.2 Å². The Morgan fingerprint density at radius 3 is 0.926 bits per heavy atom. The average Bonchev–Trinajstić information content (AvgIpc) is 2.61. The predicted octanol–water partition coefficient (Wildman–Crippen LogP) is 5.52. The molecule has 0 saturated heterocycles. The zero-order valence-electron chi connectivity index (χ0n) is 19.7. The van der Waals surface area contributed by atoms with Gasteiger partial charge >= 0.3 is 0 Å². The minimum Gasteiger partial charge on any atom is -1.00 e. The van der Waals surface area contributed by atoms with Crippen LogP contribution in [0.4, 0.5) is 0 Å². The number of quaternary nitrogens is 1. The van der Waals surface area contributed by atoms with Crippen LogP contribution in [0, 0.1) is 0 Å². The summed E-state index contributed by atoms with van der Waals surface area (Å²) in [5.41, 5.74) is 0. The third-order valence-electron chi connectivity index (χ3n) is 5.98. The third kappa shape index (κ3) is 24.4. The summed E-state index contributed by atoms with van der Waals surface area (Å²) in [5.74, 6) is 0. The predicted molar refractivity (Wildman–Crippen MR) is 121 cm³/mol. The highest BCUT2D eigenvalue weighted by Crippen LogP contribution is 2.14. The van der Waals surface area contributed by atoms with Crippen molar-refractivity contribution in [3.05, 3.63) is 0 Å². The van der Waals surface area contributed by atoms with E-state index in [2.05, 4.69) is 27.9 Å². The third-order valence-corrected chi connectivity index (χ3v) is 5.98. The van der Waals surface area contributed by atoms with E-state index >= 15 is 0 Å². The normalized spacial score (nSPS) is 11.6. The molecule has 0 rings (SSSR count). The van der Waals surface area contributed by atoms with Crippen LogP contribution in [0.15, 0.2) is 0 Å². The van der Waals surface area contributed by atoms with E-state index in [1.807, 2.05) is 0 Å². The first kappa shape index (κ1) is 29.6. The lowest BCUT2D eigenvalue weighted by molar-refractivity contribution is -0.890. The second kappa shape index (κ2) is 22.7. The SMILES string of the molecule is CCCCCCCCCCCCCCCCCC[N+](C)(C)CCCCC.[Br-]. The second-order valence-electron chi connectivity index (χ2n) is 9.39. The summed E-state index contributed by atoms with van der Waals surface area (Å²) in [6.45, 7) is 7.35. The van der Waals surface area contributed by atoms with E-state index in [4.69, 9.17) is 0 Å². The van der Waals surface area contributed by atoms with E-state index in [0.717, 1.165) is 0 Å². The molecule has 0 aromatic carbocycles. The smallest absolute Gasteiger partial charge is 0.0782 e. The summed E-state index contributed by atoms with van der Waals surface area (Å²) in [7, 11) is 4.84. The fourth-order valence-corrected chi connectivity index (χ4v) is 3.99. The van der Waals surface area contributed by atoms with Gasteiger partial charge in [-0.3, -0.25) is 0 Å². The molecule has 0 fully saturated rings. The molecule has 2 heteroatoms. The van der Waals surface area contributed by atoms with Crippen molar-refractivity contribution in [1.82, 2.24) is 0 Å². The Balaban J connectivity index is 0. The van der Waals surface area contributed by atoms with E-state index in [9.17, 15) is 0 Å². The number of hydrogen-bond donors (Lipinski definition) is 0. The minimum atomic E-state index is 0. The molecule has 0 aliphatic heterocycles. The molecule has 0 amide bonds. The Hall–Kier alpha value is 0.440. The number of unbranched alkanes of at least 4 members (excludes halogenated alkanes) is 17. The topological polar surface area (TPSA) is 0 Å². The van der Waals surface area contributed by atoms with Gasteiger partial charge in [-0.25, -0.2) is 0 Å². The highest BCUT2D eigenvalue weighted by molar-refractivity contribution is 4.50. The zero-order valence-corrected chi connectivity index (χ0v) is 21.3. The van der Waals surface area contributed by atoms with Gasteiger partial charge in [0.2, 0.25) is 0 Å². The maximum atomic E-state index is 2.42. The van der Waals surface area contributed by atoms with Crippen molar-refractivity contribution in [2.24, 2.45) is 0 Å². The average molecular weight is 449 g/mol. The first-order chi connectivity index (χ1) is 12.6. The van der Waals surface area contributed by atoms with Crippen molar-refractivity contribution in [2.45, 2.75) is 136 Å². The van der Waals surface area contributed by atoms with Crippen molar-refractivity contribution >= 4 is 0 Å². The Bertz CT molecular complexity index is 265. The highest BCUT2D eigenvalue weighted by Gasteiger charge is 2.13. The molecule has 0 aromatic heterocycles. The first-order valence-electron chi connectivity index (χ1n) is 12.4. The Morgan fingerprint density at radius 1 is 0.370 bits per heavy atom. The van der Waals surface area contributed by atoms with E-state index in [0.29, 0.717) is 0 Å². The van der Waals surface area contributed by atoms with Crippen molar-refractivity contribution in [3.8, 4) is 0 Å². The van der Waals surface area contributed by atoms with Crippen molar-refractivity contribution in [2.75, 3.05) is 27.2 Å². The van der Waals surface area contributed by atoms with Gasteiger partial charge in [0.25, 0.3) is 0 Å². The molecule has 27 heavy (non-hydrogen) atoms. The monoisotopic (exact) mass is 447 g/mol. The molecule has 0 aliphatic rings. The molecule has 0 N–H and O–H groups in total. The molecule has 0 aliphatic carbocycles. The van der Waals surface area contributed by atoms with Crippen LogP contribution in [0.3, 0.4) is 0 Å². The molecular formula is C25H54BrN. The van der Waals surface area contributed by atoms with Gasteiger partial charge in [-0.05, 0) is 25.7 Å². The maximum Gasteiger partial charge on any atom is 0.0782 e. The van der Waals surface area contributed by atoms with Gasteiger partial charge < -0.3 is 21.5 Å². The number of nitrogens with zero attached hydrogens (tertiary/aromatic N) is 1. The van der Waals surface area contributed by atoms with Gasteiger partial charge in [-0.2, -0.15) is 0 Å². The van der Waals surface area contributed by atoms with E-state index < -0.39 is 0 Å². The van der Waals surface area contributed by atoms with E-state index in [-0.39, 0.29) is 17.0 Å². The standard InChI is InChI=1S/C25H54N.BrH/c1-5-7-9-10-11-12-13-14-15-16-17-18-19-20-21-23-25-26(3,4)24-22-8-6-2;/h5-25H2,1-4H3;1H/q+1;/p-1. The summed E-state index contributed by atoms with van der Waals surface area (Å²) in [6, 6.07) is 0. The van der Waals surface area contributed by atoms with E-state index in [1.54, 1.807) is 0 Å². The second-order valence-corrected chi connectivity index (χ2v) is 9.39. The van der Waals surface area contributed by atoms with E-state index in [1.165, 1.54) is 140 Å². The van der Waals surface area contributed by atoms with Crippen LogP contribution in [0.2, 0.25) is 0 Å². The number of hydrogen-bond acceptors (Lipinski definition) is 0. The minimum absolute atomic E-state index is 0. The molecule has 0 atom stereocenters. The number of rotatable bonds is 21. The number of halogens is 1. The van der Waals surface area contributed by atoms with Crippen molar-refractivity contribution < 1.29 is 21.5 Å². The fraction of sp³-hybridized carbons (Fsp3) is 1.00. The molecule has 0 radical (unpaired) electrons. The lowest BCUT2D eigenvalue weighted by atomic mass is 10.0. The molecule has 0 heterocycles. The van der Waals surface area contributed by atoms with Crippen LogP contribution in [0.1, 0.15) is 136 Å². The van der Waals surface area contributed by atoms with Crippen LogP contribution in [-0.4, -0.2) is 31.7 Å². The molecule has 0 saturated carbocycles. The molecule has 166 valence electrons. The summed E-state index contributed by atoms with van der Waals surface area (Å²) < 4.78 is 1.23. The maximum absolute atomic E-state index is 2.42. The lowest BCUT2D eigenvalue weighted by Gasteiger charge is -2.29. The van der Waals surface area contributed by atoms with Crippen LogP contribution in [0.25, 0.3) is 0 Å². The summed E-state index contributed by atoms with van der Waals surface area (Å²) >= 11 is 0. The quantitative estimate of drug-likeness (QED) is 0.160. The van der Waals surface area contributed by atoms with Crippen LogP contribution >= 0.6 is 0 Å². The molecule has 0 unspecified atom stereocenters. The van der Waals surface area contributed by atoms with Crippen LogP contribution in [-0.2, 0) is 0 Å². The van der Waals surface area contributed by atoms with Crippen molar-refractivity contribution in [1.29, 1.82) is 0 Å². The molecule has 1 nitrogen and oxygen atoms in total. The summed E-state index contributed by atoms with van der Waals surface area (Å²) in [6.07, 6.45) is 27.6. The molecule has 0 bridgehead atoms. The molecule has 0 spiro atoms. The molecular weight excluding hydrogens is 394 g/mol. The summed E-state index contributed by atoms with van der Waals surface area (Å²) in [5, 5.41) is 0. The van der Waals surface area contributed by atoms with Gasteiger partial charge in [-0.15, -0.1) is 0 Å². The zero-order chi connectivity index (χ0) is 19.3. The first-order valence-corrected chi connectivity index (χ1v) is 12.4. The Kier molecular flexibility index (Phi) is 24.9. The van der Waals surface area contributed by atoms with Crippen LogP contribution < -0.4 is 17.0 Å². The van der Waals surface area contributed by atoms with Crippen molar-refractivity contribution in [3.63, 3.8) is 0 Å². The highest BCUT2D eigenvalue weighted by atomic mass is 79.9. The molecule has 0 aromatic rings. The van der Waals surface area contributed by atoms with Gasteiger partial charge in [0.1, 0.15) is 0 Å². The van der Waals surface area contributed by atoms with Gasteiger partial charge in [0, 0.05) is 0 Å².